The number of nitro benzene ring substituents is 1. The van der Waals surface area contributed by atoms with E-state index in [1.165, 1.54) is 31.4 Å². The van der Waals surface area contributed by atoms with E-state index >= 15 is 0 Å². The standard InChI is InChI=1S/C24H22N4O4/c1-15-5-7-20(8-6-15)27-16(2)11-18(17(27)3)12-19(14-25)24(29)26-22-13-21(28(30)31)9-10-23(22)32-4/h5-13H,1-4H3,(H,26,29)/b19-12+. The van der Waals surface area contributed by atoms with Gasteiger partial charge in [0.05, 0.1) is 17.7 Å². The van der Waals surface area contributed by atoms with Gasteiger partial charge in [-0.3, -0.25) is 14.9 Å². The lowest BCUT2D eigenvalue weighted by molar-refractivity contribution is -0.384. The highest BCUT2D eigenvalue weighted by Gasteiger charge is 2.17. The Balaban J connectivity index is 1.95. The summed E-state index contributed by atoms with van der Waals surface area (Å²) in [6.45, 7) is 5.88. The fraction of sp³-hybridized carbons (Fsp3) is 0.167. The van der Waals surface area contributed by atoms with Crippen molar-refractivity contribution in [2.24, 2.45) is 0 Å². The van der Waals surface area contributed by atoms with E-state index in [2.05, 4.69) is 5.32 Å². The van der Waals surface area contributed by atoms with Crippen molar-refractivity contribution in [3.8, 4) is 17.5 Å². The van der Waals surface area contributed by atoms with E-state index in [1.807, 2.05) is 61.7 Å². The number of carbonyl (C=O) groups is 1. The smallest absolute Gasteiger partial charge is 0.271 e. The van der Waals surface area contributed by atoms with Gasteiger partial charge in [-0.15, -0.1) is 0 Å². The molecule has 1 heterocycles. The Hall–Kier alpha value is -4.38. The van der Waals surface area contributed by atoms with Gasteiger partial charge in [-0.05, 0) is 56.7 Å². The van der Waals surface area contributed by atoms with Crippen LogP contribution in [0.2, 0.25) is 0 Å². The monoisotopic (exact) mass is 430 g/mol. The van der Waals surface area contributed by atoms with Crippen molar-refractivity contribution in [1.29, 1.82) is 5.26 Å². The average molecular weight is 430 g/mol. The molecule has 3 aromatic rings. The lowest BCUT2D eigenvalue weighted by Crippen LogP contribution is -2.14. The molecule has 0 saturated heterocycles. The molecule has 0 aliphatic rings. The number of aromatic nitrogens is 1. The molecule has 0 radical (unpaired) electrons. The minimum absolute atomic E-state index is 0.109. The lowest BCUT2D eigenvalue weighted by atomic mass is 10.1. The molecule has 8 nitrogen and oxygen atoms in total. The van der Waals surface area contributed by atoms with Crippen LogP contribution < -0.4 is 10.1 Å². The minimum Gasteiger partial charge on any atom is -0.495 e. The van der Waals surface area contributed by atoms with Gasteiger partial charge in [0.25, 0.3) is 11.6 Å². The summed E-state index contributed by atoms with van der Waals surface area (Å²) >= 11 is 0. The average Bonchev–Trinajstić information content (AvgIpc) is 3.05. The van der Waals surface area contributed by atoms with E-state index < -0.39 is 10.8 Å². The third-order valence-corrected chi connectivity index (χ3v) is 5.07. The number of anilines is 1. The van der Waals surface area contributed by atoms with Gasteiger partial charge >= 0.3 is 0 Å². The summed E-state index contributed by atoms with van der Waals surface area (Å²) in [6.07, 6.45) is 1.51. The molecule has 8 heteroatoms. The number of benzene rings is 2. The second kappa shape index (κ2) is 9.18. The zero-order valence-electron chi connectivity index (χ0n) is 18.2. The Kier molecular flexibility index (Phi) is 6.40. The summed E-state index contributed by atoms with van der Waals surface area (Å²) < 4.78 is 7.21. The topological polar surface area (TPSA) is 110 Å². The highest BCUT2D eigenvalue weighted by molar-refractivity contribution is 6.10. The number of methoxy groups -OCH3 is 1. The highest BCUT2D eigenvalue weighted by atomic mass is 16.6. The zero-order chi connectivity index (χ0) is 23.4. The van der Waals surface area contributed by atoms with Crippen LogP contribution in [0.3, 0.4) is 0 Å². The molecule has 1 amide bonds. The quantitative estimate of drug-likeness (QED) is 0.260. The van der Waals surface area contributed by atoms with E-state index in [9.17, 15) is 20.2 Å². The first-order valence-corrected chi connectivity index (χ1v) is 9.76. The molecule has 1 aromatic heterocycles. The second-order valence-electron chi connectivity index (χ2n) is 7.26. The van der Waals surface area contributed by atoms with Crippen molar-refractivity contribution in [1.82, 2.24) is 4.57 Å². The molecule has 2 aromatic carbocycles. The maximum Gasteiger partial charge on any atom is 0.271 e. The van der Waals surface area contributed by atoms with Crippen LogP contribution in [-0.4, -0.2) is 22.5 Å². The second-order valence-corrected chi connectivity index (χ2v) is 7.26. The Morgan fingerprint density at radius 3 is 2.44 bits per heavy atom. The fourth-order valence-corrected chi connectivity index (χ4v) is 3.43. The Morgan fingerprint density at radius 1 is 1.16 bits per heavy atom. The molecule has 0 spiro atoms. The third kappa shape index (κ3) is 4.52. The molecule has 0 atom stereocenters. The number of amides is 1. The van der Waals surface area contributed by atoms with Gasteiger partial charge in [-0.1, -0.05) is 17.7 Å². The number of hydrogen-bond donors (Lipinski definition) is 1. The van der Waals surface area contributed by atoms with E-state index in [0.717, 1.165) is 28.2 Å². The van der Waals surface area contributed by atoms with Gasteiger partial charge in [-0.2, -0.15) is 5.26 Å². The molecule has 162 valence electrons. The predicted octanol–water partition coefficient (Wildman–Crippen LogP) is 4.87. The fourth-order valence-electron chi connectivity index (χ4n) is 3.43. The maximum atomic E-state index is 12.8. The predicted molar refractivity (Wildman–Crippen MR) is 122 cm³/mol. The summed E-state index contributed by atoms with van der Waals surface area (Å²) in [7, 11) is 1.39. The van der Waals surface area contributed by atoms with Crippen LogP contribution in [0.1, 0.15) is 22.5 Å². The van der Waals surface area contributed by atoms with Crippen LogP contribution in [0.15, 0.2) is 54.1 Å². The normalized spacial score (nSPS) is 11.0. The van der Waals surface area contributed by atoms with E-state index in [-0.39, 0.29) is 22.7 Å². The Morgan fingerprint density at radius 2 is 1.84 bits per heavy atom. The van der Waals surface area contributed by atoms with Crippen LogP contribution in [0, 0.1) is 42.2 Å². The number of nitriles is 1. The van der Waals surface area contributed by atoms with Crippen molar-refractivity contribution in [3.63, 3.8) is 0 Å². The van der Waals surface area contributed by atoms with Gasteiger partial charge in [-0.25, -0.2) is 0 Å². The molecule has 1 N–H and O–H groups in total. The van der Waals surface area contributed by atoms with Gasteiger partial charge in [0.15, 0.2) is 0 Å². The lowest BCUT2D eigenvalue weighted by Gasteiger charge is -2.10. The number of non-ortho nitro benzene ring substituents is 1. The third-order valence-electron chi connectivity index (χ3n) is 5.07. The number of ether oxygens (including phenoxy) is 1. The number of hydrogen-bond acceptors (Lipinski definition) is 5. The first kappa shape index (κ1) is 22.3. The molecule has 0 fully saturated rings. The van der Waals surface area contributed by atoms with Gasteiger partial charge in [0.1, 0.15) is 17.4 Å². The molecule has 32 heavy (non-hydrogen) atoms. The summed E-state index contributed by atoms with van der Waals surface area (Å²) in [5, 5.41) is 23.2. The molecular weight excluding hydrogens is 408 g/mol. The molecular formula is C24H22N4O4. The van der Waals surface area contributed by atoms with Crippen LogP contribution in [-0.2, 0) is 4.79 Å². The molecule has 0 aliphatic heterocycles. The highest BCUT2D eigenvalue weighted by Crippen LogP contribution is 2.29. The largest absolute Gasteiger partial charge is 0.495 e. The number of aryl methyl sites for hydroxylation is 2. The first-order chi connectivity index (χ1) is 15.2. The number of nitrogens with one attached hydrogen (secondary N) is 1. The van der Waals surface area contributed by atoms with Crippen LogP contribution >= 0.6 is 0 Å². The molecule has 0 unspecified atom stereocenters. The summed E-state index contributed by atoms with van der Waals surface area (Å²) in [4.78, 5) is 23.3. The van der Waals surface area contributed by atoms with Gasteiger partial charge in [0, 0.05) is 29.2 Å². The summed E-state index contributed by atoms with van der Waals surface area (Å²) in [5.74, 6) is -0.440. The van der Waals surface area contributed by atoms with Crippen molar-refractivity contribution in [2.75, 3.05) is 12.4 Å². The maximum absolute atomic E-state index is 12.8. The molecule has 0 bridgehead atoms. The number of carbonyl (C=O) groups excluding carboxylic acids is 1. The minimum atomic E-state index is -0.688. The van der Waals surface area contributed by atoms with Gasteiger partial charge in [0.2, 0.25) is 0 Å². The summed E-state index contributed by atoms with van der Waals surface area (Å²) in [5.41, 5.74) is 4.45. The SMILES string of the molecule is COc1ccc([N+](=O)[O-])cc1NC(=O)/C(C#N)=C/c1cc(C)n(-c2ccc(C)cc2)c1C. The Labute approximate surface area is 185 Å². The van der Waals surface area contributed by atoms with Crippen LogP contribution in [0.4, 0.5) is 11.4 Å². The Bertz CT molecular complexity index is 1260. The van der Waals surface area contributed by atoms with Crippen molar-refractivity contribution >= 4 is 23.4 Å². The van der Waals surface area contributed by atoms with E-state index in [1.54, 1.807) is 0 Å². The number of nitrogens with zero attached hydrogens (tertiary/aromatic N) is 3. The van der Waals surface area contributed by atoms with Gasteiger partial charge < -0.3 is 14.6 Å². The van der Waals surface area contributed by atoms with E-state index in [4.69, 9.17) is 4.74 Å². The number of nitro groups is 1. The van der Waals surface area contributed by atoms with Crippen molar-refractivity contribution in [3.05, 3.63) is 86.7 Å². The molecule has 0 aliphatic carbocycles. The van der Waals surface area contributed by atoms with Crippen LogP contribution in [0.25, 0.3) is 11.8 Å². The zero-order valence-corrected chi connectivity index (χ0v) is 18.2. The van der Waals surface area contributed by atoms with Crippen molar-refractivity contribution < 1.29 is 14.5 Å². The summed E-state index contributed by atoms with van der Waals surface area (Å²) in [6, 6.07) is 15.7. The molecule has 0 saturated carbocycles. The van der Waals surface area contributed by atoms with E-state index in [0.29, 0.717) is 0 Å². The van der Waals surface area contributed by atoms with Crippen LogP contribution in [0.5, 0.6) is 5.75 Å². The van der Waals surface area contributed by atoms with Crippen molar-refractivity contribution in [2.45, 2.75) is 20.8 Å². The molecule has 3 rings (SSSR count). The number of rotatable bonds is 6. The first-order valence-electron chi connectivity index (χ1n) is 9.76.